The SMILES string of the molecule is CCOC(=O)N1CCC2(CC1)Oc1ccccc1C1CC(c3ccc(OCC)cc3)=NN12. The van der Waals surface area contributed by atoms with Crippen molar-refractivity contribution in [2.24, 2.45) is 5.10 Å². The molecule has 7 nitrogen and oxygen atoms in total. The molecule has 0 radical (unpaired) electrons. The maximum atomic E-state index is 12.2. The Kier molecular flexibility index (Phi) is 5.41. The van der Waals surface area contributed by atoms with E-state index < -0.39 is 5.72 Å². The van der Waals surface area contributed by atoms with Crippen LogP contribution in [-0.4, -0.2) is 53.7 Å². The van der Waals surface area contributed by atoms with Crippen LogP contribution < -0.4 is 9.47 Å². The lowest BCUT2D eigenvalue weighted by Gasteiger charge is -2.50. The highest BCUT2D eigenvalue weighted by Crippen LogP contribution is 2.49. The molecule has 0 bridgehead atoms. The van der Waals surface area contributed by atoms with Gasteiger partial charge in [0.25, 0.3) is 0 Å². The number of hydrazone groups is 1. The minimum Gasteiger partial charge on any atom is -0.494 e. The van der Waals surface area contributed by atoms with Gasteiger partial charge in [0.15, 0.2) is 0 Å². The second kappa shape index (κ2) is 8.37. The summed E-state index contributed by atoms with van der Waals surface area (Å²) < 4.78 is 17.4. The van der Waals surface area contributed by atoms with E-state index in [4.69, 9.17) is 19.3 Å². The van der Waals surface area contributed by atoms with Gasteiger partial charge in [-0.05, 0) is 49.7 Å². The summed E-state index contributed by atoms with van der Waals surface area (Å²) in [5.74, 6) is 1.78. The molecule has 2 aromatic carbocycles. The van der Waals surface area contributed by atoms with Crippen LogP contribution in [0.2, 0.25) is 0 Å². The number of ether oxygens (including phenoxy) is 3. The number of hydrogen-bond donors (Lipinski definition) is 0. The number of nitrogens with zero attached hydrogens (tertiary/aromatic N) is 3. The summed E-state index contributed by atoms with van der Waals surface area (Å²) in [6.45, 7) is 6.01. The van der Waals surface area contributed by atoms with Gasteiger partial charge in [-0.15, -0.1) is 0 Å². The summed E-state index contributed by atoms with van der Waals surface area (Å²) in [6.07, 6.45) is 1.92. The lowest BCUT2D eigenvalue weighted by atomic mass is 9.91. The number of carbonyl (C=O) groups excluding carboxylic acids is 1. The van der Waals surface area contributed by atoms with E-state index in [0.717, 1.165) is 34.8 Å². The fraction of sp³-hybridized carbons (Fsp3) is 0.440. The van der Waals surface area contributed by atoms with Gasteiger partial charge >= 0.3 is 6.09 Å². The number of rotatable bonds is 4. The maximum Gasteiger partial charge on any atom is 0.409 e. The Bertz CT molecular complexity index is 1010. The van der Waals surface area contributed by atoms with Crippen LogP contribution in [0.15, 0.2) is 53.6 Å². The standard InChI is InChI=1S/C25H29N3O4/c1-3-30-19-11-9-18(10-12-19)21-17-22-20-7-5-6-8-23(20)32-25(28(22)26-21)13-15-27(16-14-25)24(29)31-4-2/h5-12,22H,3-4,13-17H2,1-2H3. The van der Waals surface area contributed by atoms with Crippen LogP contribution in [0, 0.1) is 0 Å². The molecule has 0 aliphatic carbocycles. The van der Waals surface area contributed by atoms with Crippen LogP contribution in [0.5, 0.6) is 11.5 Å². The second-order valence-corrected chi connectivity index (χ2v) is 8.34. The highest BCUT2D eigenvalue weighted by Gasteiger charge is 2.52. The zero-order chi connectivity index (χ0) is 22.1. The average Bonchev–Trinajstić information content (AvgIpc) is 3.27. The first kappa shape index (κ1) is 20.7. The number of para-hydroxylation sites is 1. The molecule has 1 atom stereocenters. The van der Waals surface area contributed by atoms with Gasteiger partial charge in [-0.1, -0.05) is 18.2 Å². The summed E-state index contributed by atoms with van der Waals surface area (Å²) >= 11 is 0. The Labute approximate surface area is 188 Å². The number of benzene rings is 2. The van der Waals surface area contributed by atoms with Gasteiger partial charge in [-0.25, -0.2) is 9.80 Å². The van der Waals surface area contributed by atoms with Crippen molar-refractivity contribution in [2.45, 2.75) is 44.9 Å². The van der Waals surface area contributed by atoms with Gasteiger partial charge in [0.1, 0.15) is 11.5 Å². The third-order valence-corrected chi connectivity index (χ3v) is 6.48. The van der Waals surface area contributed by atoms with E-state index >= 15 is 0 Å². The summed E-state index contributed by atoms with van der Waals surface area (Å²) in [7, 11) is 0. The molecule has 1 saturated heterocycles. The molecule has 3 aliphatic heterocycles. The van der Waals surface area contributed by atoms with E-state index in [0.29, 0.717) is 39.1 Å². The molecule has 0 N–H and O–H groups in total. The van der Waals surface area contributed by atoms with Crippen LogP contribution in [0.1, 0.15) is 50.3 Å². The second-order valence-electron chi connectivity index (χ2n) is 8.34. The van der Waals surface area contributed by atoms with Crippen molar-refractivity contribution in [3.05, 3.63) is 59.7 Å². The van der Waals surface area contributed by atoms with Gasteiger partial charge in [0, 0.05) is 37.9 Å². The molecule has 5 rings (SSSR count). The first-order chi connectivity index (χ1) is 15.6. The minimum atomic E-state index is -0.560. The van der Waals surface area contributed by atoms with Crippen molar-refractivity contribution in [1.82, 2.24) is 9.91 Å². The number of carbonyl (C=O) groups is 1. The van der Waals surface area contributed by atoms with E-state index in [1.165, 1.54) is 0 Å². The fourth-order valence-electron chi connectivity index (χ4n) is 4.90. The molecule has 1 amide bonds. The number of piperidine rings is 1. The van der Waals surface area contributed by atoms with E-state index in [2.05, 4.69) is 29.3 Å². The van der Waals surface area contributed by atoms with E-state index in [9.17, 15) is 4.79 Å². The first-order valence-electron chi connectivity index (χ1n) is 11.4. The molecule has 3 aliphatic rings. The smallest absolute Gasteiger partial charge is 0.409 e. The molecule has 1 fully saturated rings. The molecule has 0 saturated carbocycles. The van der Waals surface area contributed by atoms with Crippen molar-refractivity contribution in [3.8, 4) is 11.5 Å². The molecule has 1 unspecified atom stereocenters. The Morgan fingerprint density at radius 1 is 1.09 bits per heavy atom. The topological polar surface area (TPSA) is 63.6 Å². The fourth-order valence-corrected chi connectivity index (χ4v) is 4.90. The summed E-state index contributed by atoms with van der Waals surface area (Å²) in [5, 5.41) is 7.24. The highest BCUT2D eigenvalue weighted by atomic mass is 16.6. The van der Waals surface area contributed by atoms with Crippen LogP contribution in [0.25, 0.3) is 0 Å². The molecule has 3 heterocycles. The molecule has 1 spiro atoms. The van der Waals surface area contributed by atoms with Gasteiger partial charge in [0.05, 0.1) is 25.0 Å². The predicted octanol–water partition coefficient (Wildman–Crippen LogP) is 4.58. The molecule has 7 heteroatoms. The van der Waals surface area contributed by atoms with E-state index in [-0.39, 0.29) is 12.1 Å². The third-order valence-electron chi connectivity index (χ3n) is 6.48. The van der Waals surface area contributed by atoms with E-state index in [1.807, 2.05) is 38.1 Å². The van der Waals surface area contributed by atoms with E-state index in [1.54, 1.807) is 4.90 Å². The van der Waals surface area contributed by atoms with Crippen molar-refractivity contribution in [2.75, 3.05) is 26.3 Å². The number of hydrogen-bond acceptors (Lipinski definition) is 6. The minimum absolute atomic E-state index is 0.121. The zero-order valence-corrected chi connectivity index (χ0v) is 18.6. The zero-order valence-electron chi connectivity index (χ0n) is 18.6. The Morgan fingerprint density at radius 3 is 2.56 bits per heavy atom. The van der Waals surface area contributed by atoms with Gasteiger partial charge in [0.2, 0.25) is 5.72 Å². The Morgan fingerprint density at radius 2 is 1.84 bits per heavy atom. The molecule has 32 heavy (non-hydrogen) atoms. The van der Waals surface area contributed by atoms with Crippen LogP contribution >= 0.6 is 0 Å². The molecule has 0 aromatic heterocycles. The highest BCUT2D eigenvalue weighted by molar-refractivity contribution is 6.02. The Hall–Kier alpha value is -3.22. The lowest BCUT2D eigenvalue weighted by Crippen LogP contribution is -2.59. The first-order valence-corrected chi connectivity index (χ1v) is 11.4. The average molecular weight is 436 g/mol. The van der Waals surface area contributed by atoms with Crippen LogP contribution in [0.4, 0.5) is 4.79 Å². The number of likely N-dealkylation sites (tertiary alicyclic amines) is 1. The molecular weight excluding hydrogens is 406 g/mol. The number of fused-ring (bicyclic) bond motifs is 4. The summed E-state index contributed by atoms with van der Waals surface area (Å²) in [5.41, 5.74) is 2.75. The van der Waals surface area contributed by atoms with Gasteiger partial charge < -0.3 is 19.1 Å². The molecule has 2 aromatic rings. The predicted molar refractivity (Wildman–Crippen MR) is 121 cm³/mol. The molecule has 168 valence electrons. The van der Waals surface area contributed by atoms with Gasteiger partial charge in [-0.2, -0.15) is 5.10 Å². The summed E-state index contributed by atoms with van der Waals surface area (Å²) in [6, 6.07) is 16.5. The van der Waals surface area contributed by atoms with Crippen LogP contribution in [-0.2, 0) is 4.74 Å². The monoisotopic (exact) mass is 435 g/mol. The third kappa shape index (κ3) is 3.55. The van der Waals surface area contributed by atoms with Gasteiger partial charge in [-0.3, -0.25) is 0 Å². The van der Waals surface area contributed by atoms with Crippen molar-refractivity contribution < 1.29 is 19.0 Å². The summed E-state index contributed by atoms with van der Waals surface area (Å²) in [4.78, 5) is 14.0. The quantitative estimate of drug-likeness (QED) is 0.704. The number of amides is 1. The van der Waals surface area contributed by atoms with Crippen molar-refractivity contribution in [3.63, 3.8) is 0 Å². The Balaban J connectivity index is 1.44. The lowest BCUT2D eigenvalue weighted by molar-refractivity contribution is -0.147. The maximum absolute atomic E-state index is 12.2. The van der Waals surface area contributed by atoms with Crippen LogP contribution in [0.3, 0.4) is 0 Å². The normalized spacial score (nSPS) is 20.8. The van der Waals surface area contributed by atoms with Crippen molar-refractivity contribution >= 4 is 11.8 Å². The van der Waals surface area contributed by atoms with Crippen molar-refractivity contribution in [1.29, 1.82) is 0 Å². The molecular formula is C25H29N3O4. The largest absolute Gasteiger partial charge is 0.494 e.